The highest BCUT2D eigenvalue weighted by Gasteiger charge is 2.19. The lowest BCUT2D eigenvalue weighted by Gasteiger charge is -2.30. The Morgan fingerprint density at radius 3 is 2.16 bits per heavy atom. The van der Waals surface area contributed by atoms with Crippen LogP contribution in [-0.4, -0.2) is 31.6 Å². The van der Waals surface area contributed by atoms with Gasteiger partial charge in [0.15, 0.2) is 0 Å². The molecule has 1 aromatic rings. The summed E-state index contributed by atoms with van der Waals surface area (Å²) in [5, 5.41) is 3.47. The fourth-order valence-corrected chi connectivity index (χ4v) is 2.80. The molecule has 0 aliphatic carbocycles. The SMILES string of the molecule is CCN(CC(C)C)CC(C)C(NC)c1ccccc1. The molecule has 1 N–H and O–H groups in total. The van der Waals surface area contributed by atoms with Crippen molar-refractivity contribution in [3.63, 3.8) is 0 Å². The van der Waals surface area contributed by atoms with E-state index in [-0.39, 0.29) is 0 Å². The summed E-state index contributed by atoms with van der Waals surface area (Å²) in [6, 6.07) is 11.2. The van der Waals surface area contributed by atoms with Gasteiger partial charge < -0.3 is 10.2 Å². The summed E-state index contributed by atoms with van der Waals surface area (Å²) in [4.78, 5) is 2.56. The average Bonchev–Trinajstić information content (AvgIpc) is 2.39. The molecule has 0 heterocycles. The van der Waals surface area contributed by atoms with Gasteiger partial charge >= 0.3 is 0 Å². The maximum atomic E-state index is 3.47. The van der Waals surface area contributed by atoms with Crippen molar-refractivity contribution in [2.45, 2.75) is 33.7 Å². The first-order valence-electron chi connectivity index (χ1n) is 7.53. The van der Waals surface area contributed by atoms with Crippen LogP contribution in [0.2, 0.25) is 0 Å². The monoisotopic (exact) mass is 262 g/mol. The standard InChI is InChI=1S/C17H30N2/c1-6-19(12-14(2)3)13-15(4)17(18-5)16-10-8-7-9-11-16/h7-11,14-15,17-18H,6,12-13H2,1-5H3. The smallest absolute Gasteiger partial charge is 0.0355 e. The molecule has 0 radical (unpaired) electrons. The average molecular weight is 262 g/mol. The molecule has 108 valence electrons. The highest BCUT2D eigenvalue weighted by atomic mass is 15.1. The predicted octanol–water partition coefficient (Wildman–Crippen LogP) is 3.56. The van der Waals surface area contributed by atoms with E-state index in [9.17, 15) is 0 Å². The lowest BCUT2D eigenvalue weighted by atomic mass is 9.94. The molecule has 0 saturated heterocycles. The first-order chi connectivity index (χ1) is 9.08. The molecule has 0 bridgehead atoms. The summed E-state index contributed by atoms with van der Waals surface area (Å²) < 4.78 is 0. The molecule has 0 spiro atoms. The van der Waals surface area contributed by atoms with Crippen LogP contribution in [0, 0.1) is 11.8 Å². The second-order valence-corrected chi connectivity index (χ2v) is 5.90. The Hall–Kier alpha value is -0.860. The van der Waals surface area contributed by atoms with Gasteiger partial charge in [0.05, 0.1) is 0 Å². The molecule has 0 fully saturated rings. The Morgan fingerprint density at radius 1 is 1.05 bits per heavy atom. The third-order valence-electron chi connectivity index (χ3n) is 3.66. The maximum Gasteiger partial charge on any atom is 0.0355 e. The van der Waals surface area contributed by atoms with E-state index in [0.717, 1.165) is 19.0 Å². The van der Waals surface area contributed by atoms with Crippen LogP contribution in [0.25, 0.3) is 0 Å². The molecule has 2 heteroatoms. The van der Waals surface area contributed by atoms with Gasteiger partial charge in [-0.05, 0) is 31.0 Å². The van der Waals surface area contributed by atoms with Crippen molar-refractivity contribution in [2.24, 2.45) is 11.8 Å². The number of benzene rings is 1. The Bertz CT molecular complexity index is 334. The van der Waals surface area contributed by atoms with Crippen LogP contribution in [0.3, 0.4) is 0 Å². The molecule has 1 aromatic carbocycles. The van der Waals surface area contributed by atoms with Gasteiger partial charge in [0.25, 0.3) is 0 Å². The number of hydrogen-bond donors (Lipinski definition) is 1. The molecule has 0 aromatic heterocycles. The lowest BCUT2D eigenvalue weighted by Crippen LogP contribution is -2.36. The molecule has 2 unspecified atom stereocenters. The quantitative estimate of drug-likeness (QED) is 0.770. The minimum atomic E-state index is 0.433. The summed E-state index contributed by atoms with van der Waals surface area (Å²) in [6.45, 7) is 12.7. The molecule has 1 rings (SSSR count). The Morgan fingerprint density at radius 2 is 1.68 bits per heavy atom. The largest absolute Gasteiger partial charge is 0.313 e. The zero-order valence-corrected chi connectivity index (χ0v) is 13.2. The van der Waals surface area contributed by atoms with Crippen molar-refractivity contribution in [2.75, 3.05) is 26.7 Å². The first kappa shape index (κ1) is 16.2. The number of nitrogens with zero attached hydrogens (tertiary/aromatic N) is 1. The fraction of sp³-hybridized carbons (Fsp3) is 0.647. The summed E-state index contributed by atoms with van der Waals surface area (Å²) >= 11 is 0. The number of rotatable bonds is 8. The molecule has 0 saturated carbocycles. The van der Waals surface area contributed by atoms with Gasteiger partial charge in [0.1, 0.15) is 0 Å². The van der Waals surface area contributed by atoms with Gasteiger partial charge in [-0.25, -0.2) is 0 Å². The zero-order chi connectivity index (χ0) is 14.3. The minimum Gasteiger partial charge on any atom is -0.313 e. The highest BCUT2D eigenvalue weighted by molar-refractivity contribution is 5.19. The van der Waals surface area contributed by atoms with Gasteiger partial charge in [-0.3, -0.25) is 0 Å². The van der Waals surface area contributed by atoms with Gasteiger partial charge in [-0.2, -0.15) is 0 Å². The van der Waals surface area contributed by atoms with Crippen molar-refractivity contribution in [1.29, 1.82) is 0 Å². The third-order valence-corrected chi connectivity index (χ3v) is 3.66. The van der Waals surface area contributed by atoms with Crippen molar-refractivity contribution < 1.29 is 0 Å². The van der Waals surface area contributed by atoms with Gasteiger partial charge in [-0.1, -0.05) is 58.0 Å². The van der Waals surface area contributed by atoms with Crippen LogP contribution in [0.4, 0.5) is 0 Å². The van der Waals surface area contributed by atoms with Crippen molar-refractivity contribution in [3.05, 3.63) is 35.9 Å². The molecule has 2 atom stereocenters. The van der Waals surface area contributed by atoms with Crippen molar-refractivity contribution >= 4 is 0 Å². The van der Waals surface area contributed by atoms with Crippen LogP contribution >= 0.6 is 0 Å². The Labute approximate surface area is 119 Å². The summed E-state index contributed by atoms with van der Waals surface area (Å²) in [5.41, 5.74) is 1.39. The number of hydrogen-bond acceptors (Lipinski definition) is 2. The van der Waals surface area contributed by atoms with Gasteiger partial charge in [-0.15, -0.1) is 0 Å². The molecule has 0 aliphatic rings. The van der Waals surface area contributed by atoms with E-state index in [4.69, 9.17) is 0 Å². The van der Waals surface area contributed by atoms with Gasteiger partial charge in [0.2, 0.25) is 0 Å². The second kappa shape index (κ2) is 8.34. The van der Waals surface area contributed by atoms with E-state index in [2.05, 4.69) is 75.3 Å². The minimum absolute atomic E-state index is 0.433. The zero-order valence-electron chi connectivity index (χ0n) is 13.2. The summed E-state index contributed by atoms with van der Waals surface area (Å²) in [7, 11) is 2.06. The molecular weight excluding hydrogens is 232 g/mol. The molecular formula is C17H30N2. The third kappa shape index (κ3) is 5.33. The fourth-order valence-electron chi connectivity index (χ4n) is 2.80. The predicted molar refractivity (Wildman–Crippen MR) is 84.4 cm³/mol. The van der Waals surface area contributed by atoms with E-state index in [0.29, 0.717) is 12.0 Å². The van der Waals surface area contributed by atoms with E-state index in [1.165, 1.54) is 12.1 Å². The molecule has 0 aliphatic heterocycles. The van der Waals surface area contributed by atoms with E-state index >= 15 is 0 Å². The second-order valence-electron chi connectivity index (χ2n) is 5.90. The number of nitrogens with one attached hydrogen (secondary N) is 1. The normalized spacial score (nSPS) is 14.9. The maximum absolute atomic E-state index is 3.47. The Balaban J connectivity index is 2.65. The highest BCUT2D eigenvalue weighted by Crippen LogP contribution is 2.22. The van der Waals surface area contributed by atoms with Crippen LogP contribution in [-0.2, 0) is 0 Å². The van der Waals surface area contributed by atoms with Crippen molar-refractivity contribution in [3.8, 4) is 0 Å². The van der Waals surface area contributed by atoms with Crippen molar-refractivity contribution in [1.82, 2.24) is 10.2 Å². The van der Waals surface area contributed by atoms with Crippen LogP contribution < -0.4 is 5.32 Å². The molecule has 19 heavy (non-hydrogen) atoms. The Kier molecular flexibility index (Phi) is 7.11. The van der Waals surface area contributed by atoms with Crippen LogP contribution in [0.5, 0.6) is 0 Å². The van der Waals surface area contributed by atoms with Crippen LogP contribution in [0.1, 0.15) is 39.3 Å². The molecule has 0 amide bonds. The molecule has 2 nitrogen and oxygen atoms in total. The van der Waals surface area contributed by atoms with Gasteiger partial charge in [0, 0.05) is 19.1 Å². The first-order valence-corrected chi connectivity index (χ1v) is 7.53. The van der Waals surface area contributed by atoms with Crippen LogP contribution in [0.15, 0.2) is 30.3 Å². The summed E-state index contributed by atoms with van der Waals surface area (Å²) in [5.74, 6) is 1.34. The van der Waals surface area contributed by atoms with E-state index in [1.54, 1.807) is 0 Å². The van der Waals surface area contributed by atoms with E-state index < -0.39 is 0 Å². The van der Waals surface area contributed by atoms with E-state index in [1.807, 2.05) is 0 Å². The topological polar surface area (TPSA) is 15.3 Å². The lowest BCUT2D eigenvalue weighted by molar-refractivity contribution is 0.203. The summed E-state index contributed by atoms with van der Waals surface area (Å²) in [6.07, 6.45) is 0.